The van der Waals surface area contributed by atoms with Crippen molar-refractivity contribution in [2.24, 2.45) is 10.2 Å². The van der Waals surface area contributed by atoms with Gasteiger partial charge in [-0.25, -0.2) is 4.98 Å². The summed E-state index contributed by atoms with van der Waals surface area (Å²) in [6, 6.07) is 10.4. The van der Waals surface area contributed by atoms with Crippen molar-refractivity contribution in [3.63, 3.8) is 0 Å². The van der Waals surface area contributed by atoms with Crippen molar-refractivity contribution >= 4 is 34.7 Å². The zero-order chi connectivity index (χ0) is 17.1. The molecule has 24 heavy (non-hydrogen) atoms. The molecular weight excluding hydrogens is 332 g/mol. The summed E-state index contributed by atoms with van der Waals surface area (Å²) in [7, 11) is 1.56. The minimum Gasteiger partial charge on any atom is -0.497 e. The molecule has 0 unspecified atom stereocenters. The summed E-state index contributed by atoms with van der Waals surface area (Å²) in [5.74, 6) is -0.0153. The fourth-order valence-electron chi connectivity index (χ4n) is 2.20. The SMILES string of the molecule is COc1cccc(N=Nc2c(CC(=O)O)nc3ccc(Cl)cn23)c1. The lowest BCUT2D eigenvalue weighted by Gasteiger charge is -2.00. The van der Waals surface area contributed by atoms with Gasteiger partial charge >= 0.3 is 5.97 Å². The molecule has 0 amide bonds. The third kappa shape index (κ3) is 3.36. The van der Waals surface area contributed by atoms with E-state index in [1.54, 1.807) is 54.1 Å². The van der Waals surface area contributed by atoms with E-state index < -0.39 is 5.97 Å². The Morgan fingerprint density at radius 2 is 2.17 bits per heavy atom. The maximum absolute atomic E-state index is 11.1. The molecule has 1 N–H and O–H groups in total. The maximum Gasteiger partial charge on any atom is 0.309 e. The van der Waals surface area contributed by atoms with E-state index in [0.717, 1.165) is 0 Å². The van der Waals surface area contributed by atoms with E-state index in [1.807, 2.05) is 0 Å². The molecule has 8 heteroatoms. The third-order valence-corrected chi connectivity index (χ3v) is 3.48. The Hall–Kier alpha value is -2.93. The Balaban J connectivity index is 2.07. The minimum absolute atomic E-state index is 0.258. The zero-order valence-electron chi connectivity index (χ0n) is 12.7. The number of rotatable bonds is 5. The molecule has 0 spiro atoms. The van der Waals surface area contributed by atoms with Crippen LogP contribution in [0, 0.1) is 0 Å². The van der Waals surface area contributed by atoms with E-state index in [2.05, 4.69) is 15.2 Å². The quantitative estimate of drug-likeness (QED) is 0.707. The number of aromatic nitrogens is 2. The van der Waals surface area contributed by atoms with Gasteiger partial charge in [0, 0.05) is 12.3 Å². The smallest absolute Gasteiger partial charge is 0.309 e. The van der Waals surface area contributed by atoms with Crippen LogP contribution >= 0.6 is 11.6 Å². The van der Waals surface area contributed by atoms with Crippen molar-refractivity contribution in [3.05, 3.63) is 53.3 Å². The van der Waals surface area contributed by atoms with Gasteiger partial charge in [0.15, 0.2) is 5.82 Å². The number of fused-ring (bicyclic) bond motifs is 1. The first-order valence-corrected chi connectivity index (χ1v) is 7.38. The first kappa shape index (κ1) is 15.9. The van der Waals surface area contributed by atoms with Gasteiger partial charge in [0.2, 0.25) is 0 Å². The average molecular weight is 345 g/mol. The molecule has 3 rings (SSSR count). The summed E-state index contributed by atoms with van der Waals surface area (Å²) in [4.78, 5) is 15.3. The molecule has 0 bridgehead atoms. The first-order valence-electron chi connectivity index (χ1n) is 7.01. The largest absolute Gasteiger partial charge is 0.497 e. The molecule has 2 aromatic heterocycles. The van der Waals surface area contributed by atoms with Gasteiger partial charge in [0.05, 0.1) is 29.9 Å². The summed E-state index contributed by atoms with van der Waals surface area (Å²) in [6.45, 7) is 0. The van der Waals surface area contributed by atoms with Crippen molar-refractivity contribution < 1.29 is 14.6 Å². The van der Waals surface area contributed by atoms with Crippen LogP contribution in [0.1, 0.15) is 5.69 Å². The number of nitrogens with zero attached hydrogens (tertiary/aromatic N) is 4. The number of methoxy groups -OCH3 is 1. The highest BCUT2D eigenvalue weighted by Gasteiger charge is 2.15. The lowest BCUT2D eigenvalue weighted by molar-refractivity contribution is -0.136. The van der Waals surface area contributed by atoms with Crippen molar-refractivity contribution in [1.82, 2.24) is 9.38 Å². The van der Waals surface area contributed by atoms with Crippen molar-refractivity contribution in [3.8, 4) is 5.75 Å². The fraction of sp³-hybridized carbons (Fsp3) is 0.125. The average Bonchev–Trinajstić information content (AvgIpc) is 2.89. The standard InChI is InChI=1S/C16H13ClN4O3/c1-24-12-4-2-3-11(7-12)19-20-16-13(8-15(22)23)18-14-6-5-10(17)9-21(14)16/h2-7,9H,8H2,1H3,(H,22,23). The Bertz CT molecular complexity index is 936. The second kappa shape index (κ2) is 6.67. The number of hydrogen-bond acceptors (Lipinski definition) is 5. The number of pyridine rings is 1. The molecule has 122 valence electrons. The molecule has 0 atom stereocenters. The van der Waals surface area contributed by atoms with Gasteiger partial charge in [0.25, 0.3) is 0 Å². The van der Waals surface area contributed by atoms with Gasteiger partial charge in [-0.05, 0) is 24.3 Å². The fourth-order valence-corrected chi connectivity index (χ4v) is 2.36. The summed E-state index contributed by atoms with van der Waals surface area (Å²) in [6.07, 6.45) is 1.36. The van der Waals surface area contributed by atoms with E-state index in [1.165, 1.54) is 0 Å². The van der Waals surface area contributed by atoms with E-state index in [0.29, 0.717) is 33.6 Å². The maximum atomic E-state index is 11.1. The highest BCUT2D eigenvalue weighted by atomic mass is 35.5. The normalized spacial score (nSPS) is 11.2. The molecule has 3 aromatic rings. The lowest BCUT2D eigenvalue weighted by atomic mass is 10.3. The predicted octanol–water partition coefficient (Wildman–Crippen LogP) is 4.04. The number of aliphatic carboxylic acids is 1. The van der Waals surface area contributed by atoms with Gasteiger partial charge < -0.3 is 9.84 Å². The molecule has 0 aliphatic rings. The molecule has 7 nitrogen and oxygen atoms in total. The van der Waals surface area contributed by atoms with Crippen LogP contribution in [0.3, 0.4) is 0 Å². The second-order valence-corrected chi connectivity index (χ2v) is 5.37. The number of hydrogen-bond donors (Lipinski definition) is 1. The number of carboxylic acids is 1. The molecule has 0 saturated heterocycles. The monoisotopic (exact) mass is 344 g/mol. The Morgan fingerprint density at radius 3 is 2.92 bits per heavy atom. The van der Waals surface area contributed by atoms with Crippen molar-refractivity contribution in [1.29, 1.82) is 0 Å². The molecule has 0 radical (unpaired) electrons. The number of carboxylic acid groups (broad SMARTS) is 1. The summed E-state index contributed by atoms with van der Waals surface area (Å²) in [5, 5.41) is 17.9. The summed E-state index contributed by atoms with van der Waals surface area (Å²) >= 11 is 6.01. The number of ether oxygens (including phenoxy) is 1. The van der Waals surface area contributed by atoms with Crippen LogP contribution in [0.25, 0.3) is 5.65 Å². The van der Waals surface area contributed by atoms with Crippen LogP contribution in [0.4, 0.5) is 11.5 Å². The number of benzene rings is 1. The molecule has 0 aliphatic carbocycles. The number of halogens is 1. The van der Waals surface area contributed by atoms with Crippen LogP contribution in [0.2, 0.25) is 5.02 Å². The van der Waals surface area contributed by atoms with E-state index in [9.17, 15) is 4.79 Å². The van der Waals surface area contributed by atoms with E-state index in [4.69, 9.17) is 21.4 Å². The third-order valence-electron chi connectivity index (χ3n) is 3.26. The van der Waals surface area contributed by atoms with Crippen LogP contribution in [0.15, 0.2) is 52.8 Å². The molecule has 0 saturated carbocycles. The molecular formula is C16H13ClN4O3. The van der Waals surface area contributed by atoms with Crippen LogP contribution in [-0.4, -0.2) is 27.6 Å². The topological polar surface area (TPSA) is 88.5 Å². The number of azo groups is 1. The molecule has 1 aromatic carbocycles. The summed E-state index contributed by atoms with van der Waals surface area (Å²) < 4.78 is 6.76. The Kier molecular flexibility index (Phi) is 4.43. The van der Waals surface area contributed by atoms with Crippen LogP contribution < -0.4 is 4.74 Å². The van der Waals surface area contributed by atoms with Gasteiger partial charge in [0.1, 0.15) is 11.4 Å². The second-order valence-electron chi connectivity index (χ2n) is 4.93. The van der Waals surface area contributed by atoms with Gasteiger partial charge in [-0.3, -0.25) is 9.20 Å². The predicted molar refractivity (Wildman–Crippen MR) is 88.7 cm³/mol. The van der Waals surface area contributed by atoms with Crippen molar-refractivity contribution in [2.75, 3.05) is 7.11 Å². The van der Waals surface area contributed by atoms with Gasteiger partial charge in [-0.1, -0.05) is 17.7 Å². The van der Waals surface area contributed by atoms with Crippen LogP contribution in [0.5, 0.6) is 5.75 Å². The number of carbonyl (C=O) groups is 1. The van der Waals surface area contributed by atoms with E-state index >= 15 is 0 Å². The Morgan fingerprint density at radius 1 is 1.33 bits per heavy atom. The highest BCUT2D eigenvalue weighted by molar-refractivity contribution is 6.30. The summed E-state index contributed by atoms with van der Waals surface area (Å²) in [5.41, 5.74) is 1.44. The van der Waals surface area contributed by atoms with Crippen LogP contribution in [-0.2, 0) is 11.2 Å². The van der Waals surface area contributed by atoms with Gasteiger partial charge in [-0.15, -0.1) is 10.2 Å². The van der Waals surface area contributed by atoms with E-state index in [-0.39, 0.29) is 6.42 Å². The molecule has 0 fully saturated rings. The lowest BCUT2D eigenvalue weighted by Crippen LogP contribution is -2.00. The number of imidazole rings is 1. The Labute approximate surface area is 142 Å². The van der Waals surface area contributed by atoms with Gasteiger partial charge in [-0.2, -0.15) is 0 Å². The highest BCUT2D eigenvalue weighted by Crippen LogP contribution is 2.27. The first-order chi connectivity index (χ1) is 11.6. The molecule has 0 aliphatic heterocycles. The molecule has 2 heterocycles. The zero-order valence-corrected chi connectivity index (χ0v) is 13.4. The minimum atomic E-state index is -0.998. The van der Waals surface area contributed by atoms with Crippen molar-refractivity contribution in [2.45, 2.75) is 6.42 Å².